The van der Waals surface area contributed by atoms with E-state index in [-0.39, 0.29) is 10.7 Å². The second kappa shape index (κ2) is 20.7. The van der Waals surface area contributed by atoms with E-state index < -0.39 is 153 Å². The molecule has 1 aromatic rings. The molecule has 0 heterocycles. The lowest BCUT2D eigenvalue weighted by Gasteiger charge is -2.42. The second-order valence-electron chi connectivity index (χ2n) is 12.1. The molecule has 354 valence electrons. The van der Waals surface area contributed by atoms with Gasteiger partial charge < -0.3 is 51.3 Å². The van der Waals surface area contributed by atoms with E-state index in [1.807, 2.05) is 5.32 Å². The molecule has 13 nitrogen and oxygen atoms in total. The molecule has 0 fully saturated rings. The number of alkyl halides is 17. The Hall–Kier alpha value is -1.65. The van der Waals surface area contributed by atoms with Gasteiger partial charge in [-0.3, -0.25) is 14.4 Å². The Balaban J connectivity index is 3.52. The number of halogens is 20. The molecule has 0 aliphatic rings. The molecule has 0 spiro atoms. The SMILES string of the molecule is O=C(COCCC(F)(F)C(F)(F)C(F)(F)C(F)(F)C(F)(F)C(F)(F)C(F)(F)C(F)(F)F)Nc1c(I)c(C(=O)NC(CO)C(O)CO)c(I)c(C(=O)NC(CO)C(O)CO)c1I. The van der Waals surface area contributed by atoms with Gasteiger partial charge in [-0.1, -0.05) is 0 Å². The number of anilines is 1. The third kappa shape index (κ3) is 11.1. The quantitative estimate of drug-likeness (QED) is 0.0466. The first-order chi connectivity index (χ1) is 27.4. The maximum absolute atomic E-state index is 14.3. The van der Waals surface area contributed by atoms with Crippen LogP contribution in [0.15, 0.2) is 0 Å². The van der Waals surface area contributed by atoms with Gasteiger partial charge in [-0.2, -0.15) is 74.6 Å². The minimum Gasteiger partial charge on any atom is -0.394 e. The van der Waals surface area contributed by atoms with Crippen LogP contribution in [-0.4, -0.2) is 160 Å². The van der Waals surface area contributed by atoms with Crippen LogP contribution in [0.4, 0.5) is 80.3 Å². The molecule has 9 N–H and O–H groups in total. The van der Waals surface area contributed by atoms with Crippen LogP contribution in [0.1, 0.15) is 27.1 Å². The number of aliphatic hydroxyl groups is 6. The Bertz CT molecular complexity index is 1690. The Kier molecular flexibility index (Phi) is 19.4. The topological polar surface area (TPSA) is 218 Å². The van der Waals surface area contributed by atoms with E-state index in [4.69, 9.17) is 0 Å². The van der Waals surface area contributed by atoms with Gasteiger partial charge in [-0.15, -0.1) is 0 Å². The molecular formula is C28H27F17I3N3O10. The lowest BCUT2D eigenvalue weighted by Crippen LogP contribution is -2.74. The highest BCUT2D eigenvalue weighted by Crippen LogP contribution is 2.64. The van der Waals surface area contributed by atoms with Gasteiger partial charge >= 0.3 is 47.6 Å². The highest BCUT2D eigenvalue weighted by Gasteiger charge is 2.95. The molecule has 61 heavy (non-hydrogen) atoms. The minimum absolute atomic E-state index is 0.318. The summed E-state index contributed by atoms with van der Waals surface area (Å²) in [4.78, 5) is 39.4. The summed E-state index contributed by atoms with van der Waals surface area (Å²) < 4.78 is 234. The van der Waals surface area contributed by atoms with Crippen molar-refractivity contribution >= 4 is 91.2 Å². The summed E-state index contributed by atoms with van der Waals surface area (Å²) in [6, 6.07) is -3.20. The third-order valence-corrected chi connectivity index (χ3v) is 11.2. The van der Waals surface area contributed by atoms with Crippen LogP contribution in [0.5, 0.6) is 0 Å². The summed E-state index contributed by atoms with van der Waals surface area (Å²) in [5, 5.41) is 63.4. The maximum atomic E-state index is 14.3. The molecule has 1 rings (SSSR count). The number of hydrogen-bond acceptors (Lipinski definition) is 10. The van der Waals surface area contributed by atoms with Gasteiger partial charge in [0.05, 0.1) is 81.3 Å². The molecular weight excluding hydrogens is 1240 g/mol. The number of rotatable bonds is 22. The molecule has 0 aromatic heterocycles. The predicted octanol–water partition coefficient (Wildman–Crippen LogP) is 3.74. The predicted molar refractivity (Wildman–Crippen MR) is 192 cm³/mol. The molecule has 0 aliphatic carbocycles. The Morgan fingerprint density at radius 3 is 1.21 bits per heavy atom. The molecule has 0 saturated heterocycles. The summed E-state index contributed by atoms with van der Waals surface area (Å²) in [5.74, 6) is -62.0. The number of benzene rings is 1. The number of carbonyl (C=O) groups is 3. The average molecular weight is 1270 g/mol. The van der Waals surface area contributed by atoms with E-state index >= 15 is 0 Å². The third-order valence-electron chi connectivity index (χ3n) is 7.95. The van der Waals surface area contributed by atoms with Crippen molar-refractivity contribution in [1.82, 2.24) is 10.6 Å². The van der Waals surface area contributed by atoms with Gasteiger partial charge in [0.2, 0.25) is 5.91 Å². The Labute approximate surface area is 369 Å². The zero-order chi connectivity index (χ0) is 48.3. The van der Waals surface area contributed by atoms with Gasteiger partial charge in [0.1, 0.15) is 6.61 Å². The van der Waals surface area contributed by atoms with Crippen LogP contribution in [0.3, 0.4) is 0 Å². The molecule has 0 aliphatic heterocycles. The highest BCUT2D eigenvalue weighted by molar-refractivity contribution is 14.1. The van der Waals surface area contributed by atoms with E-state index in [1.54, 1.807) is 0 Å². The standard InChI is InChI=1S/C28H27F17I3N3O10/c29-21(30,22(31,32)23(33,34)24(35,36)25(37,38)26(39,40)27(41,42)28(43,44)45)1-2-61-7-12(58)51-18-16(47)13(19(59)49-8(3-52)10(56)5-54)15(46)14(17(18)48)20(60)50-9(4-53)11(57)6-55/h8-11,52-57H,1-7H2,(H,49,59)(H,50,60)(H,51,58). The molecule has 1 aromatic carbocycles. The van der Waals surface area contributed by atoms with Crippen LogP contribution < -0.4 is 16.0 Å². The fraction of sp³-hybridized carbons (Fsp3) is 0.679. The van der Waals surface area contributed by atoms with E-state index in [0.717, 1.165) is 0 Å². The monoisotopic (exact) mass is 1270 g/mol. The number of hydrogen-bond donors (Lipinski definition) is 9. The van der Waals surface area contributed by atoms with Gasteiger partial charge in [-0.05, 0) is 67.8 Å². The van der Waals surface area contributed by atoms with Crippen LogP contribution in [0.25, 0.3) is 0 Å². The lowest BCUT2D eigenvalue weighted by atomic mass is 9.88. The summed E-state index contributed by atoms with van der Waals surface area (Å²) in [5.41, 5.74) is -1.76. The normalized spacial score (nSPS) is 15.8. The Morgan fingerprint density at radius 2 is 0.885 bits per heavy atom. The van der Waals surface area contributed by atoms with E-state index in [1.165, 1.54) is 67.8 Å². The molecule has 0 bridgehead atoms. The summed E-state index contributed by atoms with van der Waals surface area (Å²) >= 11 is 4.11. The summed E-state index contributed by atoms with van der Waals surface area (Å²) in [6.45, 7) is -7.84. The smallest absolute Gasteiger partial charge is 0.394 e. The molecule has 33 heteroatoms. The van der Waals surface area contributed by atoms with E-state index in [2.05, 4.69) is 15.4 Å². The average Bonchev–Trinajstić information content (AvgIpc) is 3.14. The van der Waals surface area contributed by atoms with Gasteiger partial charge in [0, 0.05) is 9.99 Å². The van der Waals surface area contributed by atoms with Crippen LogP contribution in [-0.2, 0) is 9.53 Å². The van der Waals surface area contributed by atoms with Crippen molar-refractivity contribution in [2.75, 3.05) is 45.0 Å². The van der Waals surface area contributed by atoms with Crippen molar-refractivity contribution in [3.05, 3.63) is 21.8 Å². The molecule has 0 radical (unpaired) electrons. The summed E-state index contributed by atoms with van der Waals surface area (Å²) in [6.07, 6.45) is -14.5. The molecule has 3 amide bonds. The number of amides is 3. The van der Waals surface area contributed by atoms with Crippen molar-refractivity contribution in [1.29, 1.82) is 0 Å². The highest BCUT2D eigenvalue weighted by atomic mass is 127. The van der Waals surface area contributed by atoms with Crippen molar-refractivity contribution < 1.29 is 124 Å². The summed E-state index contributed by atoms with van der Waals surface area (Å²) in [7, 11) is 0. The zero-order valence-electron chi connectivity index (χ0n) is 29.1. The van der Waals surface area contributed by atoms with Crippen LogP contribution in [0, 0.1) is 10.7 Å². The van der Waals surface area contributed by atoms with Gasteiger partial charge in [0.25, 0.3) is 11.8 Å². The molecule has 4 atom stereocenters. The van der Waals surface area contributed by atoms with Crippen LogP contribution >= 0.6 is 67.8 Å². The fourth-order valence-corrected chi connectivity index (χ4v) is 8.74. The van der Waals surface area contributed by atoms with Gasteiger partial charge in [-0.25, -0.2) is 0 Å². The fourth-order valence-electron chi connectivity index (χ4n) is 4.33. The number of carbonyl (C=O) groups excluding carboxylic acids is 3. The number of ether oxygens (including phenoxy) is 1. The van der Waals surface area contributed by atoms with Gasteiger partial charge in [0.15, 0.2) is 0 Å². The van der Waals surface area contributed by atoms with Crippen molar-refractivity contribution in [2.45, 2.75) is 78.3 Å². The minimum atomic E-state index is -8.81. The van der Waals surface area contributed by atoms with Crippen molar-refractivity contribution in [3.63, 3.8) is 0 Å². The van der Waals surface area contributed by atoms with Crippen molar-refractivity contribution in [3.8, 4) is 0 Å². The largest absolute Gasteiger partial charge is 0.460 e. The first kappa shape index (κ1) is 57.4. The number of aliphatic hydroxyl groups excluding tert-OH is 6. The second-order valence-corrected chi connectivity index (χ2v) is 15.3. The first-order valence-electron chi connectivity index (χ1n) is 15.6. The Morgan fingerprint density at radius 1 is 0.541 bits per heavy atom. The molecule has 4 unspecified atom stereocenters. The van der Waals surface area contributed by atoms with Crippen LogP contribution in [0.2, 0.25) is 0 Å². The van der Waals surface area contributed by atoms with Crippen molar-refractivity contribution in [2.24, 2.45) is 0 Å². The molecule has 0 saturated carbocycles. The van der Waals surface area contributed by atoms with E-state index in [9.17, 15) is 120 Å². The first-order valence-corrected chi connectivity index (χ1v) is 18.8. The maximum Gasteiger partial charge on any atom is 0.460 e. The lowest BCUT2D eigenvalue weighted by molar-refractivity contribution is -0.462. The number of nitrogens with one attached hydrogen (secondary N) is 3. The van der Waals surface area contributed by atoms with E-state index in [0.29, 0.717) is 0 Å². The zero-order valence-corrected chi connectivity index (χ0v) is 35.6.